The van der Waals surface area contributed by atoms with Crippen LogP contribution in [0.2, 0.25) is 0 Å². The van der Waals surface area contributed by atoms with Crippen LogP contribution in [0.5, 0.6) is 0 Å². The van der Waals surface area contributed by atoms with Crippen molar-refractivity contribution < 1.29 is 30.4 Å². The number of nitrogens with two attached hydrogens (primary N) is 1. The molecule has 2 amide bonds. The molecule has 0 aromatic heterocycles. The number of nitriles is 1. The highest BCUT2D eigenvalue weighted by Crippen LogP contribution is 2.20. The third kappa shape index (κ3) is 13.7. The average Bonchev–Trinajstić information content (AvgIpc) is 2.96. The van der Waals surface area contributed by atoms with Crippen molar-refractivity contribution in [2.75, 3.05) is 67.8 Å². The number of azo groups is 1. The molecule has 2 aromatic rings. The average molecular weight is 536 g/mol. The van der Waals surface area contributed by atoms with Crippen molar-refractivity contribution in [2.45, 2.75) is 0 Å². The predicted octanol–water partition coefficient (Wildman–Crippen LogP) is 0.657. The van der Waals surface area contributed by atoms with E-state index in [2.05, 4.69) is 32.2 Å². The Morgan fingerprint density at radius 3 is 1.61 bits per heavy atom. The summed E-state index contributed by atoms with van der Waals surface area (Å²) in [6, 6.07) is 12.9. The van der Waals surface area contributed by atoms with Crippen molar-refractivity contribution >= 4 is 28.8 Å². The highest BCUT2D eigenvalue weighted by Gasteiger charge is 2.06. The maximum atomic E-state index is 10.6. The van der Waals surface area contributed by atoms with Crippen LogP contribution in [0.3, 0.4) is 0 Å². The Kier molecular flexibility index (Phi) is 19.5. The monoisotopic (exact) mass is 535 g/mol. The highest BCUT2D eigenvalue weighted by molar-refractivity contribution is 5.76. The summed E-state index contributed by atoms with van der Waals surface area (Å²) in [6.07, 6.45) is 1.58. The maximum Gasteiger partial charge on any atom is 0.396 e. The van der Waals surface area contributed by atoms with Crippen molar-refractivity contribution in [1.29, 1.82) is 5.26 Å². The van der Waals surface area contributed by atoms with Crippen molar-refractivity contribution in [1.82, 2.24) is 5.43 Å². The number of amides is 2. The van der Waals surface area contributed by atoms with E-state index in [0.29, 0.717) is 37.6 Å². The zero-order chi connectivity index (χ0) is 28.6. The lowest BCUT2D eigenvalue weighted by molar-refractivity contribution is 0.250. The van der Waals surface area contributed by atoms with Crippen LogP contribution in [0.1, 0.15) is 0 Å². The Balaban J connectivity index is 0.000000680. The number of carbonyl (C=O) groups excluding carboxylic acids is 1. The number of carbonyl (C=O) groups is 1. The topological polar surface area (TPSA) is 253 Å². The molecule has 38 heavy (non-hydrogen) atoms. The molecule has 9 N–H and O–H groups in total. The normalized spacial score (nSPS) is 9.71. The lowest BCUT2D eigenvalue weighted by Gasteiger charge is -2.23. The first kappa shape index (κ1) is 33.8. The van der Waals surface area contributed by atoms with Crippen LogP contribution >= 0.6 is 0 Å². The third-order valence-corrected chi connectivity index (χ3v) is 4.53. The molecule has 0 saturated heterocycles. The molecule has 0 unspecified atom stereocenters. The van der Waals surface area contributed by atoms with Crippen LogP contribution in [0.4, 0.5) is 27.5 Å². The second kappa shape index (κ2) is 22.0. The molecule has 0 radical (unpaired) electrons. The van der Waals surface area contributed by atoms with Crippen molar-refractivity contribution in [3.05, 3.63) is 53.4 Å². The summed E-state index contributed by atoms with van der Waals surface area (Å²) >= 11 is 0. The minimum Gasteiger partial charge on any atom is -0.395 e. The van der Waals surface area contributed by atoms with Gasteiger partial charge in [-0.3, -0.25) is 5.43 Å². The lowest BCUT2D eigenvalue weighted by Crippen LogP contribution is -2.29. The van der Waals surface area contributed by atoms with Gasteiger partial charge in [-0.15, -0.1) is 10.0 Å². The summed E-state index contributed by atoms with van der Waals surface area (Å²) in [4.78, 5) is 24.1. The van der Waals surface area contributed by atoms with E-state index in [1.807, 2.05) is 9.80 Å². The predicted molar refractivity (Wildman–Crippen MR) is 140 cm³/mol. The van der Waals surface area contributed by atoms with Crippen LogP contribution in [0.25, 0.3) is 0 Å². The highest BCUT2D eigenvalue weighted by atomic mass is 16.4. The van der Waals surface area contributed by atoms with Gasteiger partial charge in [-0.25, -0.2) is 16.1 Å². The molecule has 0 heterocycles. The number of hydrogen-bond donors (Lipinski definition) is 8. The van der Waals surface area contributed by atoms with E-state index in [9.17, 15) is 9.70 Å². The van der Waals surface area contributed by atoms with Crippen LogP contribution in [-0.2, 0) is 0 Å². The Morgan fingerprint density at radius 2 is 1.24 bits per heavy atom. The first-order chi connectivity index (χ1) is 18.5. The van der Waals surface area contributed by atoms with Gasteiger partial charge in [-0.2, -0.15) is 5.26 Å². The molecule has 0 bridgehead atoms. The van der Waals surface area contributed by atoms with E-state index in [1.165, 1.54) is 0 Å². The summed E-state index contributed by atoms with van der Waals surface area (Å²) in [6.45, 7) is 1.77. The molecule has 0 fully saturated rings. The van der Waals surface area contributed by atoms with Gasteiger partial charge in [0.1, 0.15) is 0 Å². The Bertz CT molecular complexity index is 959. The van der Waals surface area contributed by atoms with Gasteiger partial charge in [0, 0.05) is 42.7 Å². The molecule has 2 aromatic carbocycles. The smallest absolute Gasteiger partial charge is 0.395 e. The fraction of sp³-hybridized carbons (Fsp3) is 0.364. The van der Waals surface area contributed by atoms with E-state index in [4.69, 9.17) is 30.9 Å². The van der Waals surface area contributed by atoms with E-state index in [-0.39, 0.29) is 26.4 Å². The zero-order valence-corrected chi connectivity index (χ0v) is 20.6. The number of nitrogens with zero attached hydrogens (tertiary/aromatic N) is 6. The molecule has 0 aliphatic rings. The number of urea groups is 1. The molecule has 0 spiro atoms. The summed E-state index contributed by atoms with van der Waals surface area (Å²) in [5.74, 6) is 3.50. The molecule has 16 heteroatoms. The second-order valence-electron chi connectivity index (χ2n) is 6.88. The molecule has 0 aliphatic carbocycles. The van der Waals surface area contributed by atoms with E-state index >= 15 is 0 Å². The molecule has 208 valence electrons. The fourth-order valence-electron chi connectivity index (χ4n) is 2.94. The van der Waals surface area contributed by atoms with Crippen molar-refractivity contribution in [3.8, 4) is 6.19 Å². The maximum absolute atomic E-state index is 10.6. The minimum atomic E-state index is -1.01. The molecule has 0 atom stereocenters. The third-order valence-electron chi connectivity index (χ3n) is 4.53. The van der Waals surface area contributed by atoms with Crippen molar-refractivity contribution in [2.24, 2.45) is 21.3 Å². The van der Waals surface area contributed by atoms with E-state index in [0.717, 1.165) is 11.4 Å². The van der Waals surface area contributed by atoms with Gasteiger partial charge in [0.05, 0.1) is 37.8 Å². The number of hydrogen-bond acceptors (Lipinski definition) is 14. The van der Waals surface area contributed by atoms with Gasteiger partial charge in [-0.05, 0) is 48.5 Å². The van der Waals surface area contributed by atoms with Gasteiger partial charge in [0.2, 0.25) is 6.19 Å². The summed E-state index contributed by atoms with van der Waals surface area (Å²) in [7, 11) is 0. The fourth-order valence-corrected chi connectivity index (χ4v) is 2.94. The molecule has 16 nitrogen and oxygen atoms in total. The second-order valence-corrected chi connectivity index (χ2v) is 6.88. The molecule has 0 saturated carbocycles. The summed E-state index contributed by atoms with van der Waals surface area (Å²) < 4.78 is 0. The largest absolute Gasteiger partial charge is 0.396 e. The van der Waals surface area contributed by atoms with Gasteiger partial charge in [0.15, 0.2) is 0 Å². The Morgan fingerprint density at radius 1 is 0.816 bits per heavy atom. The standard InChI is InChI=1S/C11H16N4O4.C11H14N4O2.H3NO/c16-7-5-15(6-8-17)10-3-1-9(2-4-10)12-13-11(18)14-19;12-9-13-14-10-1-3-11(4-2-10)15(5-7-16)6-8-17;1-2/h1-4,12,16-17H,5-8H2,(H,13,18);1-4,16-17H,5-8H2;2H,1H2. The number of hydrazine groups is 1. The number of nitroso groups, excluding NO2 is 1. The molecular formula is C22H33N9O7. The number of anilines is 3. The SMILES string of the molecule is N#CN=Nc1ccc(N(CCO)CCO)cc1.NO.O=NC(=O)NNc1ccc(N(CCO)CCO)cc1. The molecule has 0 aliphatic heterocycles. The number of benzene rings is 2. The van der Waals surface area contributed by atoms with Crippen molar-refractivity contribution in [3.63, 3.8) is 0 Å². The Hall–Kier alpha value is -4.24. The number of aliphatic hydroxyl groups is 4. The number of nitrogens with one attached hydrogen (secondary N) is 2. The Labute approximate surface area is 219 Å². The first-order valence-corrected chi connectivity index (χ1v) is 11.1. The quantitative estimate of drug-likeness (QED) is 0.0761. The number of aliphatic hydroxyl groups excluding tert-OH is 4. The van der Waals surface area contributed by atoms with E-state index in [1.54, 1.807) is 54.7 Å². The van der Waals surface area contributed by atoms with Crippen LogP contribution in [0, 0.1) is 16.4 Å². The molecular weight excluding hydrogens is 502 g/mol. The first-order valence-electron chi connectivity index (χ1n) is 11.1. The van der Waals surface area contributed by atoms with E-state index < -0.39 is 6.03 Å². The van der Waals surface area contributed by atoms with Gasteiger partial charge in [0.25, 0.3) is 0 Å². The minimum absolute atomic E-state index is 0.0128. The van der Waals surface area contributed by atoms with Gasteiger partial charge >= 0.3 is 6.03 Å². The van der Waals surface area contributed by atoms with Crippen LogP contribution in [-0.4, -0.2) is 84.3 Å². The summed E-state index contributed by atoms with van der Waals surface area (Å²) in [5, 5.41) is 59.5. The molecule has 2 rings (SSSR count). The number of rotatable bonds is 13. The lowest BCUT2D eigenvalue weighted by atomic mass is 10.2. The van der Waals surface area contributed by atoms with Gasteiger partial charge < -0.3 is 35.4 Å². The zero-order valence-electron chi connectivity index (χ0n) is 20.6. The van der Waals surface area contributed by atoms with Crippen LogP contribution < -0.4 is 26.5 Å². The summed E-state index contributed by atoms with van der Waals surface area (Å²) in [5.41, 5.74) is 7.47. The van der Waals surface area contributed by atoms with Gasteiger partial charge in [-0.1, -0.05) is 5.11 Å². The van der Waals surface area contributed by atoms with Crippen LogP contribution in [0.15, 0.2) is 63.9 Å².